The van der Waals surface area contributed by atoms with Gasteiger partial charge in [-0.2, -0.15) is 0 Å². The van der Waals surface area contributed by atoms with Crippen LogP contribution < -0.4 is 10.9 Å². The number of amides is 1. The van der Waals surface area contributed by atoms with Crippen molar-refractivity contribution in [2.75, 3.05) is 26.2 Å². The number of para-hydroxylation sites is 1. The van der Waals surface area contributed by atoms with Crippen LogP contribution in [0, 0.1) is 5.92 Å². The molecule has 1 aromatic heterocycles. The molecule has 2 aromatic carbocycles. The van der Waals surface area contributed by atoms with Crippen LogP contribution in [0.4, 0.5) is 0 Å². The minimum absolute atomic E-state index is 0.0731. The second kappa shape index (κ2) is 9.05. The summed E-state index contributed by atoms with van der Waals surface area (Å²) < 4.78 is 5.26. The smallest absolute Gasteiger partial charge is 0.349 e. The SMILES string of the molecule is O=C(NCC1CCN(CCc2ccccc2)CC1)c1cc2ccccc2oc1=O. The molecular weight excluding hydrogens is 364 g/mol. The first-order chi connectivity index (χ1) is 14.2. The quantitative estimate of drug-likeness (QED) is 0.655. The second-order valence-corrected chi connectivity index (χ2v) is 7.72. The second-order valence-electron chi connectivity index (χ2n) is 7.72. The number of hydrogen-bond donors (Lipinski definition) is 1. The molecule has 1 N–H and O–H groups in total. The van der Waals surface area contributed by atoms with Gasteiger partial charge in [-0.25, -0.2) is 4.79 Å². The lowest BCUT2D eigenvalue weighted by molar-refractivity contribution is 0.0933. The number of rotatable bonds is 6. The highest BCUT2D eigenvalue weighted by atomic mass is 16.4. The van der Waals surface area contributed by atoms with Crippen LogP contribution in [0.1, 0.15) is 28.8 Å². The molecule has 0 radical (unpaired) electrons. The van der Waals surface area contributed by atoms with Crippen LogP contribution >= 0.6 is 0 Å². The summed E-state index contributed by atoms with van der Waals surface area (Å²) in [6.07, 6.45) is 3.18. The summed E-state index contributed by atoms with van der Waals surface area (Å²) in [5.41, 5.74) is 1.36. The van der Waals surface area contributed by atoms with E-state index in [0.717, 1.165) is 44.3 Å². The molecule has 0 atom stereocenters. The lowest BCUT2D eigenvalue weighted by Gasteiger charge is -2.32. The van der Waals surface area contributed by atoms with Crippen LogP contribution in [0.25, 0.3) is 11.0 Å². The molecule has 1 amide bonds. The van der Waals surface area contributed by atoms with Crippen LogP contribution in [0.15, 0.2) is 69.9 Å². The fourth-order valence-corrected chi connectivity index (χ4v) is 3.90. The zero-order valence-corrected chi connectivity index (χ0v) is 16.5. The molecule has 1 aliphatic rings. The molecule has 29 heavy (non-hydrogen) atoms. The van der Waals surface area contributed by atoms with Gasteiger partial charge in [0, 0.05) is 18.5 Å². The summed E-state index contributed by atoms with van der Waals surface area (Å²) in [5.74, 6) is 0.0930. The van der Waals surface area contributed by atoms with E-state index < -0.39 is 5.63 Å². The zero-order valence-electron chi connectivity index (χ0n) is 16.5. The van der Waals surface area contributed by atoms with E-state index in [1.165, 1.54) is 5.56 Å². The number of piperidine rings is 1. The Hall–Kier alpha value is -2.92. The number of fused-ring (bicyclic) bond motifs is 1. The molecule has 0 unspecified atom stereocenters. The van der Waals surface area contributed by atoms with Crippen molar-refractivity contribution in [2.24, 2.45) is 5.92 Å². The summed E-state index contributed by atoms with van der Waals surface area (Å²) in [4.78, 5) is 27.1. The van der Waals surface area contributed by atoms with Crippen LogP contribution in [-0.4, -0.2) is 37.0 Å². The van der Waals surface area contributed by atoms with E-state index in [0.29, 0.717) is 18.0 Å². The minimum Gasteiger partial charge on any atom is -0.422 e. The topological polar surface area (TPSA) is 62.6 Å². The number of nitrogens with one attached hydrogen (secondary N) is 1. The van der Waals surface area contributed by atoms with E-state index in [1.54, 1.807) is 18.2 Å². The van der Waals surface area contributed by atoms with Crippen molar-refractivity contribution < 1.29 is 9.21 Å². The Morgan fingerprint density at radius 1 is 1.03 bits per heavy atom. The van der Waals surface area contributed by atoms with Gasteiger partial charge in [0.1, 0.15) is 11.1 Å². The number of carbonyl (C=O) groups excluding carboxylic acids is 1. The highest BCUT2D eigenvalue weighted by Gasteiger charge is 2.21. The monoisotopic (exact) mass is 390 g/mol. The fraction of sp³-hybridized carbons (Fsp3) is 0.333. The molecule has 1 fully saturated rings. The molecule has 1 aliphatic heterocycles. The van der Waals surface area contributed by atoms with Crippen molar-refractivity contribution in [3.63, 3.8) is 0 Å². The number of hydrogen-bond acceptors (Lipinski definition) is 4. The van der Waals surface area contributed by atoms with E-state index >= 15 is 0 Å². The summed E-state index contributed by atoms with van der Waals surface area (Å²) in [6, 6.07) is 19.4. The van der Waals surface area contributed by atoms with Gasteiger partial charge in [0.05, 0.1) is 0 Å². The van der Waals surface area contributed by atoms with Crippen molar-refractivity contribution in [3.05, 3.63) is 82.2 Å². The molecule has 0 aliphatic carbocycles. The average Bonchev–Trinajstić information content (AvgIpc) is 2.77. The first kappa shape index (κ1) is 19.4. The Bertz CT molecular complexity index is 1020. The molecule has 150 valence electrons. The molecule has 3 aromatic rings. The van der Waals surface area contributed by atoms with E-state index in [1.807, 2.05) is 18.2 Å². The summed E-state index contributed by atoms with van der Waals surface area (Å²) >= 11 is 0. The van der Waals surface area contributed by atoms with E-state index in [-0.39, 0.29) is 11.5 Å². The van der Waals surface area contributed by atoms with Crippen molar-refractivity contribution in [1.29, 1.82) is 0 Å². The van der Waals surface area contributed by atoms with Gasteiger partial charge in [0.2, 0.25) is 0 Å². The highest BCUT2D eigenvalue weighted by Crippen LogP contribution is 2.17. The summed E-state index contributed by atoms with van der Waals surface area (Å²) in [5, 5.41) is 3.68. The number of benzene rings is 2. The first-order valence-corrected chi connectivity index (χ1v) is 10.3. The Morgan fingerprint density at radius 2 is 1.76 bits per heavy atom. The third kappa shape index (κ3) is 4.93. The minimum atomic E-state index is -0.586. The third-order valence-corrected chi connectivity index (χ3v) is 5.70. The predicted octanol–water partition coefficient (Wildman–Crippen LogP) is 3.48. The van der Waals surface area contributed by atoms with Crippen LogP contribution in [0.5, 0.6) is 0 Å². The third-order valence-electron chi connectivity index (χ3n) is 5.70. The molecule has 0 bridgehead atoms. The van der Waals surface area contributed by atoms with Gasteiger partial charge in [-0.1, -0.05) is 48.5 Å². The molecular formula is C24H26N2O3. The van der Waals surface area contributed by atoms with Gasteiger partial charge in [-0.3, -0.25) is 4.79 Å². The van der Waals surface area contributed by atoms with Crippen molar-refractivity contribution >= 4 is 16.9 Å². The Balaban J connectivity index is 1.25. The number of nitrogens with zero attached hydrogens (tertiary/aromatic N) is 1. The summed E-state index contributed by atoms with van der Waals surface area (Å²) in [7, 11) is 0. The van der Waals surface area contributed by atoms with Crippen molar-refractivity contribution in [1.82, 2.24) is 10.2 Å². The van der Waals surface area contributed by atoms with Gasteiger partial charge in [0.15, 0.2) is 0 Å². The van der Waals surface area contributed by atoms with Gasteiger partial charge in [-0.15, -0.1) is 0 Å². The van der Waals surface area contributed by atoms with E-state index in [2.05, 4.69) is 34.5 Å². The molecule has 5 nitrogen and oxygen atoms in total. The largest absolute Gasteiger partial charge is 0.422 e. The standard InChI is InChI=1S/C24H26N2O3/c27-23(21-16-20-8-4-5-9-22(20)29-24(21)28)25-17-19-11-14-26(15-12-19)13-10-18-6-2-1-3-7-18/h1-9,16,19H,10-15,17H2,(H,25,27). The van der Waals surface area contributed by atoms with E-state index in [9.17, 15) is 9.59 Å². The normalized spacial score (nSPS) is 15.4. The van der Waals surface area contributed by atoms with Gasteiger partial charge in [-0.05, 0) is 56.0 Å². The maximum absolute atomic E-state index is 12.5. The fourth-order valence-electron chi connectivity index (χ4n) is 3.90. The lowest BCUT2D eigenvalue weighted by Crippen LogP contribution is -2.40. The Kier molecular flexibility index (Phi) is 6.06. The average molecular weight is 390 g/mol. The van der Waals surface area contributed by atoms with Crippen LogP contribution in [0.2, 0.25) is 0 Å². The Morgan fingerprint density at radius 3 is 2.55 bits per heavy atom. The van der Waals surface area contributed by atoms with Gasteiger partial charge >= 0.3 is 5.63 Å². The van der Waals surface area contributed by atoms with Gasteiger partial charge < -0.3 is 14.6 Å². The maximum atomic E-state index is 12.5. The maximum Gasteiger partial charge on any atom is 0.349 e. The zero-order chi connectivity index (χ0) is 20.1. The van der Waals surface area contributed by atoms with Crippen molar-refractivity contribution in [3.8, 4) is 0 Å². The summed E-state index contributed by atoms with van der Waals surface area (Å²) in [6.45, 7) is 3.76. The van der Waals surface area contributed by atoms with Crippen molar-refractivity contribution in [2.45, 2.75) is 19.3 Å². The highest BCUT2D eigenvalue weighted by molar-refractivity contribution is 5.96. The number of carbonyl (C=O) groups is 1. The first-order valence-electron chi connectivity index (χ1n) is 10.3. The molecule has 0 saturated carbocycles. The predicted molar refractivity (Wildman–Crippen MR) is 114 cm³/mol. The lowest BCUT2D eigenvalue weighted by atomic mass is 9.96. The molecule has 2 heterocycles. The van der Waals surface area contributed by atoms with Crippen LogP contribution in [-0.2, 0) is 6.42 Å². The number of likely N-dealkylation sites (tertiary alicyclic amines) is 1. The molecule has 0 spiro atoms. The molecule has 4 rings (SSSR count). The van der Waals surface area contributed by atoms with Gasteiger partial charge in [0.25, 0.3) is 5.91 Å². The van der Waals surface area contributed by atoms with Crippen LogP contribution in [0.3, 0.4) is 0 Å². The molecule has 1 saturated heterocycles. The Labute approximate surface area is 170 Å². The molecule has 5 heteroatoms. The van der Waals surface area contributed by atoms with E-state index in [4.69, 9.17) is 4.42 Å².